The molecule has 0 spiro atoms. The van der Waals surface area contributed by atoms with Gasteiger partial charge in [-0.3, -0.25) is 9.59 Å². The number of carbonyl (C=O) groups is 3. The third-order valence-electron chi connectivity index (χ3n) is 7.26. The molecule has 2 amide bonds. The molecular formula is C28H34N2O5. The molecule has 7 heteroatoms. The van der Waals surface area contributed by atoms with Crippen molar-refractivity contribution in [3.63, 3.8) is 0 Å². The molecule has 0 heterocycles. The smallest absolute Gasteiger partial charge is 0.407 e. The number of rotatable bonds is 9. The molecule has 1 unspecified atom stereocenters. The molecule has 3 atom stereocenters. The SMILES string of the molecule is CCC(CCC(=O)O)NC(=O)[C@@H]1CCC[C@H](NC(=O)OCC2c3ccccc3-c3ccccc32)C1. The van der Waals surface area contributed by atoms with Crippen LogP contribution in [0.1, 0.15) is 68.9 Å². The number of fused-ring (bicyclic) bond motifs is 3. The quantitative estimate of drug-likeness (QED) is 0.478. The minimum atomic E-state index is -0.859. The summed E-state index contributed by atoms with van der Waals surface area (Å²) in [5, 5.41) is 14.9. The van der Waals surface area contributed by atoms with E-state index in [1.54, 1.807) is 0 Å². The predicted molar refractivity (Wildman–Crippen MR) is 133 cm³/mol. The van der Waals surface area contributed by atoms with Crippen LogP contribution in [0.2, 0.25) is 0 Å². The lowest BCUT2D eigenvalue weighted by atomic mass is 9.85. The number of hydrogen-bond acceptors (Lipinski definition) is 4. The molecule has 2 aromatic carbocycles. The highest BCUT2D eigenvalue weighted by Crippen LogP contribution is 2.44. The zero-order valence-electron chi connectivity index (χ0n) is 20.2. The minimum absolute atomic E-state index is 0.00908. The summed E-state index contributed by atoms with van der Waals surface area (Å²) in [6.07, 6.45) is 3.68. The second-order valence-electron chi connectivity index (χ2n) is 9.58. The van der Waals surface area contributed by atoms with Crippen LogP contribution < -0.4 is 10.6 Å². The van der Waals surface area contributed by atoms with Crippen LogP contribution in [0.25, 0.3) is 11.1 Å². The van der Waals surface area contributed by atoms with Crippen molar-refractivity contribution in [2.45, 2.75) is 69.9 Å². The number of ether oxygens (including phenoxy) is 1. The van der Waals surface area contributed by atoms with E-state index in [1.165, 1.54) is 22.3 Å². The van der Waals surface area contributed by atoms with Crippen molar-refractivity contribution in [3.8, 4) is 11.1 Å². The van der Waals surface area contributed by atoms with E-state index in [0.29, 0.717) is 19.3 Å². The van der Waals surface area contributed by atoms with Gasteiger partial charge in [-0.1, -0.05) is 61.9 Å². The van der Waals surface area contributed by atoms with E-state index in [-0.39, 0.29) is 42.9 Å². The molecule has 0 saturated heterocycles. The maximum Gasteiger partial charge on any atom is 0.407 e. The highest BCUT2D eigenvalue weighted by atomic mass is 16.5. The van der Waals surface area contributed by atoms with Gasteiger partial charge in [0.25, 0.3) is 0 Å². The Morgan fingerprint density at radius 1 is 1.03 bits per heavy atom. The molecule has 3 N–H and O–H groups in total. The lowest BCUT2D eigenvalue weighted by Gasteiger charge is -2.30. The van der Waals surface area contributed by atoms with Crippen molar-refractivity contribution in [1.29, 1.82) is 0 Å². The molecule has 2 aliphatic rings. The number of alkyl carbamates (subject to hydrolysis) is 1. The number of carboxylic acid groups (broad SMARTS) is 1. The van der Waals surface area contributed by atoms with Crippen LogP contribution in [0.15, 0.2) is 48.5 Å². The molecule has 2 aromatic rings. The first kappa shape index (κ1) is 24.8. The third kappa shape index (κ3) is 6.02. The maximum atomic E-state index is 12.8. The van der Waals surface area contributed by atoms with E-state index in [1.807, 2.05) is 31.2 Å². The number of amides is 2. The molecule has 35 heavy (non-hydrogen) atoms. The van der Waals surface area contributed by atoms with Crippen molar-refractivity contribution < 1.29 is 24.2 Å². The fourth-order valence-electron chi connectivity index (χ4n) is 5.36. The second-order valence-corrected chi connectivity index (χ2v) is 9.58. The summed E-state index contributed by atoms with van der Waals surface area (Å²) in [5.41, 5.74) is 4.72. The lowest BCUT2D eigenvalue weighted by molar-refractivity contribution is -0.137. The van der Waals surface area contributed by atoms with Gasteiger partial charge in [0, 0.05) is 30.3 Å². The molecule has 4 rings (SSSR count). The average Bonchev–Trinajstić information content (AvgIpc) is 3.19. The highest BCUT2D eigenvalue weighted by Gasteiger charge is 2.31. The van der Waals surface area contributed by atoms with Crippen LogP contribution >= 0.6 is 0 Å². The summed E-state index contributed by atoms with van der Waals surface area (Å²) < 4.78 is 5.67. The van der Waals surface area contributed by atoms with Crippen LogP contribution in [0.4, 0.5) is 4.79 Å². The maximum absolute atomic E-state index is 12.8. The van der Waals surface area contributed by atoms with Crippen molar-refractivity contribution in [2.75, 3.05) is 6.61 Å². The van der Waals surface area contributed by atoms with Gasteiger partial charge in [0.05, 0.1) is 0 Å². The van der Waals surface area contributed by atoms with E-state index < -0.39 is 12.1 Å². The van der Waals surface area contributed by atoms with Gasteiger partial charge in [-0.05, 0) is 54.4 Å². The van der Waals surface area contributed by atoms with Crippen LogP contribution in [0.5, 0.6) is 0 Å². The number of nitrogens with one attached hydrogen (secondary N) is 2. The summed E-state index contributed by atoms with van der Waals surface area (Å²) in [5.74, 6) is -1.10. The van der Waals surface area contributed by atoms with Crippen molar-refractivity contribution >= 4 is 18.0 Å². The van der Waals surface area contributed by atoms with E-state index in [0.717, 1.165) is 19.3 Å². The standard InChI is InChI=1S/C28H34N2O5/c1-2-19(14-15-26(31)32)29-27(33)18-8-7-9-20(16-18)30-28(34)35-17-25-23-12-5-3-10-21(23)22-11-4-6-13-24(22)25/h3-6,10-13,18-20,25H,2,7-9,14-17H2,1H3,(H,29,33)(H,30,34)(H,31,32)/t18-,19?,20+/m1/s1. The Labute approximate surface area is 206 Å². The molecule has 2 aliphatic carbocycles. The van der Waals surface area contributed by atoms with Crippen molar-refractivity contribution in [3.05, 3.63) is 59.7 Å². The monoisotopic (exact) mass is 478 g/mol. The van der Waals surface area contributed by atoms with Gasteiger partial charge in [0.2, 0.25) is 5.91 Å². The van der Waals surface area contributed by atoms with Crippen molar-refractivity contribution in [1.82, 2.24) is 10.6 Å². The number of benzene rings is 2. The van der Waals surface area contributed by atoms with E-state index in [9.17, 15) is 14.4 Å². The van der Waals surface area contributed by atoms with E-state index in [2.05, 4.69) is 34.9 Å². The molecule has 0 radical (unpaired) electrons. The fourth-order valence-corrected chi connectivity index (χ4v) is 5.36. The van der Waals surface area contributed by atoms with Crippen LogP contribution in [0, 0.1) is 5.92 Å². The average molecular weight is 479 g/mol. The topological polar surface area (TPSA) is 105 Å². The van der Waals surface area contributed by atoms with E-state index >= 15 is 0 Å². The fraction of sp³-hybridized carbons (Fsp3) is 0.464. The Kier molecular flexibility index (Phi) is 8.06. The summed E-state index contributed by atoms with van der Waals surface area (Å²) in [4.78, 5) is 36.3. The Bertz CT molecular complexity index is 1020. The zero-order valence-corrected chi connectivity index (χ0v) is 20.2. The van der Waals surface area contributed by atoms with E-state index in [4.69, 9.17) is 9.84 Å². The van der Waals surface area contributed by atoms with Crippen LogP contribution in [-0.4, -0.2) is 41.8 Å². The summed E-state index contributed by atoms with van der Waals surface area (Å²) >= 11 is 0. The first-order chi connectivity index (χ1) is 17.0. The minimum Gasteiger partial charge on any atom is -0.481 e. The van der Waals surface area contributed by atoms with Gasteiger partial charge in [-0.15, -0.1) is 0 Å². The molecular weight excluding hydrogens is 444 g/mol. The Balaban J connectivity index is 1.29. The summed E-state index contributed by atoms with van der Waals surface area (Å²) in [7, 11) is 0. The number of hydrogen-bond donors (Lipinski definition) is 3. The Morgan fingerprint density at radius 2 is 1.69 bits per heavy atom. The van der Waals surface area contributed by atoms with Gasteiger partial charge in [-0.25, -0.2) is 4.79 Å². The lowest BCUT2D eigenvalue weighted by Crippen LogP contribution is -2.45. The predicted octanol–water partition coefficient (Wildman–Crippen LogP) is 4.84. The second kappa shape index (κ2) is 11.4. The highest BCUT2D eigenvalue weighted by molar-refractivity contribution is 5.80. The summed E-state index contributed by atoms with van der Waals surface area (Å²) in [6, 6.07) is 16.2. The van der Waals surface area contributed by atoms with Gasteiger partial charge < -0.3 is 20.5 Å². The van der Waals surface area contributed by atoms with Crippen LogP contribution in [0.3, 0.4) is 0 Å². The number of carbonyl (C=O) groups excluding carboxylic acids is 2. The first-order valence-electron chi connectivity index (χ1n) is 12.6. The summed E-state index contributed by atoms with van der Waals surface area (Å²) in [6.45, 7) is 2.20. The Morgan fingerprint density at radius 3 is 2.31 bits per heavy atom. The van der Waals surface area contributed by atoms with Gasteiger partial charge in [-0.2, -0.15) is 0 Å². The largest absolute Gasteiger partial charge is 0.481 e. The molecule has 186 valence electrons. The van der Waals surface area contributed by atoms with Gasteiger partial charge in [0.1, 0.15) is 6.61 Å². The zero-order chi connectivity index (χ0) is 24.8. The van der Waals surface area contributed by atoms with Crippen molar-refractivity contribution in [2.24, 2.45) is 5.92 Å². The molecule has 0 aromatic heterocycles. The third-order valence-corrected chi connectivity index (χ3v) is 7.26. The molecule has 7 nitrogen and oxygen atoms in total. The first-order valence-corrected chi connectivity index (χ1v) is 12.6. The number of carboxylic acids is 1. The Hall–Kier alpha value is -3.35. The molecule has 1 saturated carbocycles. The van der Waals surface area contributed by atoms with Gasteiger partial charge >= 0.3 is 12.1 Å². The molecule has 1 fully saturated rings. The van der Waals surface area contributed by atoms with Crippen LogP contribution in [-0.2, 0) is 14.3 Å². The molecule has 0 aliphatic heterocycles. The van der Waals surface area contributed by atoms with Gasteiger partial charge in [0.15, 0.2) is 0 Å². The molecule has 0 bridgehead atoms. The number of aliphatic carboxylic acids is 1. The normalized spacial score (nSPS) is 19.8.